The number of hydrogen-bond donors (Lipinski definition) is 1. The molecule has 1 N–H and O–H groups in total. The van der Waals surface area contributed by atoms with Gasteiger partial charge in [-0.1, -0.05) is 6.58 Å². The van der Waals surface area contributed by atoms with Gasteiger partial charge < -0.3 is 9.84 Å². The fourth-order valence-electron chi connectivity index (χ4n) is 0.117. The van der Waals surface area contributed by atoms with Gasteiger partial charge in [0.1, 0.15) is 0 Å². The normalized spacial score (nSPS) is 8.00. The van der Waals surface area contributed by atoms with Crippen LogP contribution in [0.1, 0.15) is 6.92 Å². The van der Waals surface area contributed by atoms with Gasteiger partial charge in [0.05, 0.1) is 6.26 Å². The third kappa shape index (κ3) is 15.8. The van der Waals surface area contributed by atoms with Crippen LogP contribution in [0, 0.1) is 0 Å². The van der Waals surface area contributed by atoms with Crippen molar-refractivity contribution < 1.29 is 28.2 Å². The number of carboxylic acid groups (broad SMARTS) is 1. The quantitative estimate of drug-likeness (QED) is 0.511. The molecule has 4 nitrogen and oxygen atoms in total. The van der Waals surface area contributed by atoms with Crippen molar-refractivity contribution in [2.24, 2.45) is 0 Å². The SMILES string of the molecule is C=COC(C)=O.O=C(O)C(F)F. The van der Waals surface area contributed by atoms with E-state index in [4.69, 9.17) is 9.90 Å². The summed E-state index contributed by atoms with van der Waals surface area (Å²) in [6.07, 6.45) is -2.13. The summed E-state index contributed by atoms with van der Waals surface area (Å²) in [6, 6.07) is 0. The average Bonchev–Trinajstić information content (AvgIpc) is 1.87. The largest absolute Gasteiger partial charge is 0.477 e. The van der Waals surface area contributed by atoms with Crippen LogP contribution in [0.25, 0.3) is 0 Å². The first-order chi connectivity index (χ1) is 5.41. The van der Waals surface area contributed by atoms with Crippen LogP contribution < -0.4 is 0 Å². The van der Waals surface area contributed by atoms with Gasteiger partial charge in [-0.05, 0) is 0 Å². The maximum atomic E-state index is 10.6. The highest BCUT2D eigenvalue weighted by Crippen LogP contribution is 1.87. The Morgan fingerprint density at radius 1 is 1.58 bits per heavy atom. The molecule has 12 heavy (non-hydrogen) atoms. The lowest BCUT2D eigenvalue weighted by molar-refractivity contribution is -0.149. The molecule has 0 saturated carbocycles. The molecule has 0 aliphatic heterocycles. The summed E-state index contributed by atoms with van der Waals surface area (Å²) in [6.45, 7) is 4.48. The van der Waals surface area contributed by atoms with Gasteiger partial charge in [-0.2, -0.15) is 8.78 Å². The van der Waals surface area contributed by atoms with Crippen molar-refractivity contribution in [3.05, 3.63) is 12.8 Å². The molecule has 0 fully saturated rings. The molecule has 0 aromatic rings. The molecular weight excluding hydrogens is 174 g/mol. The van der Waals surface area contributed by atoms with Gasteiger partial charge in [0, 0.05) is 6.92 Å². The number of carboxylic acids is 1. The summed E-state index contributed by atoms with van der Waals surface area (Å²) in [5.74, 6) is -2.40. The molecule has 0 spiro atoms. The van der Waals surface area contributed by atoms with Crippen molar-refractivity contribution in [1.29, 1.82) is 0 Å². The van der Waals surface area contributed by atoms with E-state index in [0.29, 0.717) is 0 Å². The van der Waals surface area contributed by atoms with Crippen molar-refractivity contribution in [3.63, 3.8) is 0 Å². The highest BCUT2D eigenvalue weighted by Gasteiger charge is 2.10. The fraction of sp³-hybridized carbons (Fsp3) is 0.333. The molecule has 0 atom stereocenters. The molecule has 0 radical (unpaired) electrons. The van der Waals surface area contributed by atoms with Crippen LogP contribution in [0.15, 0.2) is 12.8 Å². The molecule has 0 aromatic heterocycles. The van der Waals surface area contributed by atoms with E-state index in [-0.39, 0.29) is 5.97 Å². The van der Waals surface area contributed by atoms with Crippen LogP contribution in [0.3, 0.4) is 0 Å². The Bertz CT molecular complexity index is 167. The van der Waals surface area contributed by atoms with Crippen LogP contribution in [-0.4, -0.2) is 23.5 Å². The lowest BCUT2D eigenvalue weighted by Crippen LogP contribution is -2.06. The van der Waals surface area contributed by atoms with Crippen LogP contribution in [0.2, 0.25) is 0 Å². The summed E-state index contributed by atoms with van der Waals surface area (Å²) in [5, 5.41) is 7.24. The lowest BCUT2D eigenvalue weighted by atomic mass is 10.7. The molecule has 0 saturated heterocycles. The van der Waals surface area contributed by atoms with Gasteiger partial charge in [0.15, 0.2) is 0 Å². The standard InChI is InChI=1S/C4H6O2.C2H2F2O2/c1-3-6-4(2)5;3-1(4)2(5)6/h3H,1H2,2H3;1H,(H,5,6). The third-order valence-electron chi connectivity index (χ3n) is 0.436. The molecule has 0 amide bonds. The first-order valence-electron chi connectivity index (χ1n) is 2.71. The number of aliphatic carboxylic acids is 1. The Kier molecular flexibility index (Phi) is 8.38. The first-order valence-corrected chi connectivity index (χ1v) is 2.71. The summed E-state index contributed by atoms with van der Waals surface area (Å²) < 4.78 is 25.3. The molecule has 0 aromatic carbocycles. The number of alkyl halides is 2. The van der Waals surface area contributed by atoms with Crippen molar-refractivity contribution in [2.45, 2.75) is 13.3 Å². The van der Waals surface area contributed by atoms with E-state index >= 15 is 0 Å². The van der Waals surface area contributed by atoms with Crippen molar-refractivity contribution in [1.82, 2.24) is 0 Å². The number of hydrogen-bond acceptors (Lipinski definition) is 3. The second-order valence-corrected chi connectivity index (χ2v) is 1.42. The van der Waals surface area contributed by atoms with E-state index in [1.165, 1.54) is 6.92 Å². The van der Waals surface area contributed by atoms with E-state index in [2.05, 4.69) is 11.3 Å². The number of esters is 1. The van der Waals surface area contributed by atoms with Crippen molar-refractivity contribution in [3.8, 4) is 0 Å². The number of rotatable bonds is 2. The monoisotopic (exact) mass is 182 g/mol. The predicted molar refractivity (Wildman–Crippen MR) is 35.6 cm³/mol. The zero-order chi connectivity index (χ0) is 10.1. The molecule has 0 heterocycles. The molecular formula is C6H8F2O4. The van der Waals surface area contributed by atoms with Crippen LogP contribution in [0.4, 0.5) is 8.78 Å². The Morgan fingerprint density at radius 2 is 1.92 bits per heavy atom. The molecule has 0 aliphatic carbocycles. The first kappa shape index (κ1) is 13.2. The van der Waals surface area contributed by atoms with E-state index in [0.717, 1.165) is 6.26 Å². The van der Waals surface area contributed by atoms with Gasteiger partial charge in [-0.15, -0.1) is 0 Å². The topological polar surface area (TPSA) is 63.6 Å². The smallest absolute Gasteiger partial charge is 0.371 e. The number of carbonyl (C=O) groups excluding carboxylic acids is 1. The molecule has 0 aliphatic rings. The van der Waals surface area contributed by atoms with Crippen molar-refractivity contribution in [2.75, 3.05) is 0 Å². The van der Waals surface area contributed by atoms with Gasteiger partial charge in [0.25, 0.3) is 0 Å². The minimum Gasteiger partial charge on any atom is -0.477 e. The Balaban J connectivity index is 0. The number of carbonyl (C=O) groups is 2. The highest BCUT2D eigenvalue weighted by atomic mass is 19.3. The third-order valence-corrected chi connectivity index (χ3v) is 0.436. The lowest BCUT2D eigenvalue weighted by Gasteiger charge is -1.83. The van der Waals surface area contributed by atoms with E-state index < -0.39 is 12.4 Å². The average molecular weight is 182 g/mol. The fourth-order valence-corrected chi connectivity index (χ4v) is 0.117. The molecule has 6 heteroatoms. The van der Waals surface area contributed by atoms with E-state index in [1.54, 1.807) is 0 Å². The number of halogens is 2. The Morgan fingerprint density at radius 3 is 1.92 bits per heavy atom. The minimum absolute atomic E-state index is 0.329. The zero-order valence-corrected chi connectivity index (χ0v) is 6.29. The summed E-state index contributed by atoms with van der Waals surface area (Å²) in [5.41, 5.74) is 0. The maximum absolute atomic E-state index is 10.6. The van der Waals surface area contributed by atoms with Gasteiger partial charge in [-0.25, -0.2) is 4.79 Å². The zero-order valence-electron chi connectivity index (χ0n) is 6.29. The van der Waals surface area contributed by atoms with E-state index in [9.17, 15) is 13.6 Å². The van der Waals surface area contributed by atoms with Crippen LogP contribution in [-0.2, 0) is 14.3 Å². The molecule has 0 unspecified atom stereocenters. The maximum Gasteiger partial charge on any atom is 0.371 e. The second kappa shape index (κ2) is 7.64. The second-order valence-electron chi connectivity index (χ2n) is 1.42. The van der Waals surface area contributed by atoms with Crippen LogP contribution >= 0.6 is 0 Å². The predicted octanol–water partition coefficient (Wildman–Crippen LogP) is 1.03. The molecule has 0 bridgehead atoms. The highest BCUT2D eigenvalue weighted by molar-refractivity contribution is 5.70. The Labute approximate surface area is 67.4 Å². The summed E-state index contributed by atoms with van der Waals surface area (Å²) in [4.78, 5) is 18.7. The summed E-state index contributed by atoms with van der Waals surface area (Å²) in [7, 11) is 0. The number of ether oxygens (including phenoxy) is 1. The Hall–Kier alpha value is -1.46. The van der Waals surface area contributed by atoms with Gasteiger partial charge in [-0.3, -0.25) is 4.79 Å². The molecule has 70 valence electrons. The van der Waals surface area contributed by atoms with Crippen LogP contribution in [0.5, 0.6) is 0 Å². The molecule has 0 rings (SSSR count). The summed E-state index contributed by atoms with van der Waals surface area (Å²) >= 11 is 0. The van der Waals surface area contributed by atoms with Crippen molar-refractivity contribution >= 4 is 11.9 Å². The van der Waals surface area contributed by atoms with Gasteiger partial charge in [0.2, 0.25) is 0 Å². The van der Waals surface area contributed by atoms with Gasteiger partial charge >= 0.3 is 18.4 Å². The van der Waals surface area contributed by atoms with E-state index in [1.807, 2.05) is 0 Å². The minimum atomic E-state index is -3.23.